The van der Waals surface area contributed by atoms with Crippen molar-refractivity contribution in [1.82, 2.24) is 15.3 Å². The second kappa shape index (κ2) is 5.16. The van der Waals surface area contributed by atoms with Crippen molar-refractivity contribution in [2.75, 3.05) is 5.73 Å². The number of hydrogen-bond donors (Lipinski definition) is 3. The number of aromatic amines is 1. The van der Waals surface area contributed by atoms with Gasteiger partial charge in [-0.05, 0) is 11.6 Å². The number of nitrogens with two attached hydrogens (primary N) is 1. The molecule has 0 spiro atoms. The summed E-state index contributed by atoms with van der Waals surface area (Å²) in [5.74, 6) is -0.0579. The molecule has 0 aliphatic rings. The van der Waals surface area contributed by atoms with Gasteiger partial charge in [0.05, 0.1) is 25.0 Å². The molecule has 0 unspecified atom stereocenters. The number of nitrogens with one attached hydrogen (secondary N) is 2. The normalized spacial score (nSPS) is 10.1. The Bertz CT molecular complexity index is 493. The molecule has 0 saturated carbocycles. The largest absolute Gasteiger partial charge is 0.398 e. The van der Waals surface area contributed by atoms with Crippen molar-refractivity contribution < 1.29 is 4.79 Å². The molecule has 5 nitrogen and oxygen atoms in total. The van der Waals surface area contributed by atoms with E-state index in [9.17, 15) is 4.79 Å². The zero-order chi connectivity index (χ0) is 12.1. The number of amides is 1. The summed E-state index contributed by atoms with van der Waals surface area (Å²) in [4.78, 5) is 18.4. The molecular formula is C12H14N4O. The fourth-order valence-electron chi connectivity index (χ4n) is 1.51. The van der Waals surface area contributed by atoms with Crippen LogP contribution in [0.4, 0.5) is 5.69 Å². The van der Waals surface area contributed by atoms with E-state index in [1.54, 1.807) is 18.6 Å². The summed E-state index contributed by atoms with van der Waals surface area (Å²) in [6.07, 6.45) is 3.55. The first-order chi connectivity index (χ1) is 8.25. The first kappa shape index (κ1) is 11.2. The summed E-state index contributed by atoms with van der Waals surface area (Å²) in [6.45, 7) is 0.450. The van der Waals surface area contributed by atoms with Gasteiger partial charge in [-0.3, -0.25) is 4.79 Å². The number of para-hydroxylation sites is 1. The summed E-state index contributed by atoms with van der Waals surface area (Å²) in [5.41, 5.74) is 8.12. The van der Waals surface area contributed by atoms with Crippen LogP contribution in [0.3, 0.4) is 0 Å². The molecule has 2 aromatic rings. The number of rotatable bonds is 4. The minimum Gasteiger partial charge on any atom is -0.398 e. The second-order valence-corrected chi connectivity index (χ2v) is 3.73. The van der Waals surface area contributed by atoms with Crippen LogP contribution >= 0.6 is 0 Å². The molecule has 0 fully saturated rings. The molecule has 1 aromatic carbocycles. The molecule has 0 atom stereocenters. The molecule has 1 aromatic heterocycles. The fraction of sp³-hybridized carbons (Fsp3) is 0.167. The van der Waals surface area contributed by atoms with Crippen LogP contribution in [0.15, 0.2) is 36.8 Å². The molecule has 1 heterocycles. The van der Waals surface area contributed by atoms with Gasteiger partial charge in [0.25, 0.3) is 0 Å². The van der Waals surface area contributed by atoms with Crippen molar-refractivity contribution in [3.05, 3.63) is 48.0 Å². The van der Waals surface area contributed by atoms with Gasteiger partial charge >= 0.3 is 0 Å². The number of nitrogens with zero attached hydrogens (tertiary/aromatic N) is 1. The molecule has 1 amide bonds. The third-order valence-electron chi connectivity index (χ3n) is 2.44. The summed E-state index contributed by atoms with van der Waals surface area (Å²) < 4.78 is 0. The smallest absolute Gasteiger partial charge is 0.224 e. The van der Waals surface area contributed by atoms with Crippen molar-refractivity contribution in [1.29, 1.82) is 0 Å². The Labute approximate surface area is 99.1 Å². The zero-order valence-corrected chi connectivity index (χ0v) is 9.31. The third kappa shape index (κ3) is 3.07. The Morgan fingerprint density at radius 1 is 1.41 bits per heavy atom. The maximum atomic E-state index is 11.7. The highest BCUT2D eigenvalue weighted by Gasteiger charge is 2.05. The lowest BCUT2D eigenvalue weighted by molar-refractivity contribution is -0.120. The van der Waals surface area contributed by atoms with Crippen LogP contribution in [0.1, 0.15) is 11.3 Å². The van der Waals surface area contributed by atoms with Crippen LogP contribution in [-0.4, -0.2) is 15.9 Å². The van der Waals surface area contributed by atoms with E-state index in [-0.39, 0.29) is 5.91 Å². The van der Waals surface area contributed by atoms with E-state index in [0.29, 0.717) is 18.7 Å². The van der Waals surface area contributed by atoms with E-state index >= 15 is 0 Å². The summed E-state index contributed by atoms with van der Waals surface area (Å²) >= 11 is 0. The van der Waals surface area contributed by atoms with Crippen molar-refractivity contribution in [2.24, 2.45) is 0 Å². The molecule has 2 rings (SSSR count). The number of nitrogen functional groups attached to an aromatic ring is 1. The van der Waals surface area contributed by atoms with Gasteiger partial charge in [0.15, 0.2) is 0 Å². The summed E-state index contributed by atoms with van der Waals surface area (Å²) in [7, 11) is 0. The van der Waals surface area contributed by atoms with Gasteiger partial charge in [-0.25, -0.2) is 4.98 Å². The van der Waals surface area contributed by atoms with Crippen molar-refractivity contribution in [3.63, 3.8) is 0 Å². The van der Waals surface area contributed by atoms with Crippen LogP contribution in [0.5, 0.6) is 0 Å². The summed E-state index contributed by atoms with van der Waals surface area (Å²) in [5, 5.41) is 2.80. The Kier molecular flexibility index (Phi) is 3.40. The van der Waals surface area contributed by atoms with E-state index in [1.807, 2.05) is 18.2 Å². The minimum atomic E-state index is -0.0579. The molecule has 0 radical (unpaired) electrons. The average molecular weight is 230 g/mol. The quantitative estimate of drug-likeness (QED) is 0.681. The van der Waals surface area contributed by atoms with E-state index in [1.165, 1.54) is 0 Å². The van der Waals surface area contributed by atoms with Crippen molar-refractivity contribution >= 4 is 11.6 Å². The predicted molar refractivity (Wildman–Crippen MR) is 65.0 cm³/mol. The summed E-state index contributed by atoms with van der Waals surface area (Å²) in [6, 6.07) is 7.36. The van der Waals surface area contributed by atoms with Gasteiger partial charge in [0, 0.05) is 11.9 Å². The topological polar surface area (TPSA) is 83.8 Å². The molecule has 88 valence electrons. The minimum absolute atomic E-state index is 0.0579. The van der Waals surface area contributed by atoms with Crippen molar-refractivity contribution in [3.8, 4) is 0 Å². The number of carbonyl (C=O) groups is 1. The lowest BCUT2D eigenvalue weighted by Gasteiger charge is -2.06. The Morgan fingerprint density at radius 3 is 2.94 bits per heavy atom. The molecule has 4 N–H and O–H groups in total. The number of carbonyl (C=O) groups excluding carboxylic acids is 1. The number of imidazole rings is 1. The zero-order valence-electron chi connectivity index (χ0n) is 9.31. The Balaban J connectivity index is 1.87. The first-order valence-corrected chi connectivity index (χ1v) is 5.33. The van der Waals surface area contributed by atoms with Crippen LogP contribution in [0, 0.1) is 0 Å². The molecule has 0 aliphatic heterocycles. The number of anilines is 1. The highest BCUT2D eigenvalue weighted by Crippen LogP contribution is 2.10. The van der Waals surface area contributed by atoms with Crippen LogP contribution in [0.25, 0.3) is 0 Å². The lowest BCUT2D eigenvalue weighted by atomic mass is 10.1. The van der Waals surface area contributed by atoms with Gasteiger partial charge < -0.3 is 16.0 Å². The average Bonchev–Trinajstić information content (AvgIpc) is 2.82. The van der Waals surface area contributed by atoms with E-state index in [2.05, 4.69) is 15.3 Å². The third-order valence-corrected chi connectivity index (χ3v) is 2.44. The Hall–Kier alpha value is -2.30. The van der Waals surface area contributed by atoms with Gasteiger partial charge in [-0.1, -0.05) is 18.2 Å². The van der Waals surface area contributed by atoms with Gasteiger partial charge in [0.1, 0.15) is 0 Å². The van der Waals surface area contributed by atoms with E-state index in [0.717, 1.165) is 11.3 Å². The highest BCUT2D eigenvalue weighted by molar-refractivity contribution is 5.80. The van der Waals surface area contributed by atoms with E-state index < -0.39 is 0 Å². The highest BCUT2D eigenvalue weighted by atomic mass is 16.1. The van der Waals surface area contributed by atoms with E-state index in [4.69, 9.17) is 5.73 Å². The SMILES string of the molecule is Nc1ccccc1CC(=O)NCc1cnc[nH]1. The van der Waals surface area contributed by atoms with Crippen LogP contribution in [0.2, 0.25) is 0 Å². The number of benzene rings is 1. The molecule has 5 heteroatoms. The standard InChI is InChI=1S/C12H14N4O/c13-11-4-2-1-3-9(11)5-12(17)15-7-10-6-14-8-16-10/h1-4,6,8H,5,7,13H2,(H,14,16)(H,15,17). The number of hydrogen-bond acceptors (Lipinski definition) is 3. The fourth-order valence-corrected chi connectivity index (χ4v) is 1.51. The first-order valence-electron chi connectivity index (χ1n) is 5.33. The lowest BCUT2D eigenvalue weighted by Crippen LogP contribution is -2.25. The van der Waals surface area contributed by atoms with Gasteiger partial charge in [-0.15, -0.1) is 0 Å². The second-order valence-electron chi connectivity index (χ2n) is 3.73. The number of H-pyrrole nitrogens is 1. The molecule has 0 bridgehead atoms. The predicted octanol–water partition coefficient (Wildman–Crippen LogP) is 0.851. The molecule has 0 saturated heterocycles. The maximum absolute atomic E-state index is 11.7. The van der Waals surface area contributed by atoms with Crippen LogP contribution in [-0.2, 0) is 17.8 Å². The van der Waals surface area contributed by atoms with Gasteiger partial charge in [0.2, 0.25) is 5.91 Å². The maximum Gasteiger partial charge on any atom is 0.224 e. The number of aromatic nitrogens is 2. The van der Waals surface area contributed by atoms with Crippen LogP contribution < -0.4 is 11.1 Å². The van der Waals surface area contributed by atoms with Crippen molar-refractivity contribution in [2.45, 2.75) is 13.0 Å². The Morgan fingerprint density at radius 2 is 2.24 bits per heavy atom. The molecular weight excluding hydrogens is 216 g/mol. The van der Waals surface area contributed by atoms with Gasteiger partial charge in [-0.2, -0.15) is 0 Å². The molecule has 17 heavy (non-hydrogen) atoms. The molecule has 0 aliphatic carbocycles. The monoisotopic (exact) mass is 230 g/mol.